The highest BCUT2D eigenvalue weighted by molar-refractivity contribution is 5.72. The minimum Gasteiger partial charge on any atom is -0.480 e. The zero-order valence-corrected chi connectivity index (χ0v) is 5.84. The smallest absolute Gasteiger partial charge is 0.320 e. The number of rotatable bonds is 6. The predicted molar refractivity (Wildman–Crippen MR) is 38.5 cm³/mol. The van der Waals surface area contributed by atoms with Gasteiger partial charge in [0.05, 0.1) is 0 Å². The second-order valence-electron chi connectivity index (χ2n) is 2.18. The highest BCUT2D eigenvalue weighted by atomic mass is 16.4. The first kappa shape index (κ1) is 7.50. The van der Waals surface area contributed by atoms with Gasteiger partial charge in [0.25, 0.3) is 0 Å². The Morgan fingerprint density at radius 1 is 1.70 bits per heavy atom. The normalized spacial score (nSPS) is 14.3. The van der Waals surface area contributed by atoms with E-state index in [0.717, 1.165) is 12.8 Å². The van der Waals surface area contributed by atoms with Gasteiger partial charge in [0.15, 0.2) is 0 Å². The number of hydrogen-bond donors (Lipinski definition) is 3. The molecule has 0 rings (SSSR count). The van der Waals surface area contributed by atoms with E-state index >= 15 is 0 Å². The third kappa shape index (κ3) is 4.29. The summed E-state index contributed by atoms with van der Waals surface area (Å²) in [6.45, 7) is 0.574. The van der Waals surface area contributed by atoms with Crippen LogP contribution in [0.4, 0.5) is 0 Å². The van der Waals surface area contributed by atoms with Gasteiger partial charge in [0.1, 0.15) is 7.45 Å². The maximum Gasteiger partial charge on any atom is 0.320 e. The van der Waals surface area contributed by atoms with Crippen molar-refractivity contribution in [1.82, 2.24) is 0 Å². The van der Waals surface area contributed by atoms with Crippen molar-refractivity contribution in [2.75, 3.05) is 6.54 Å². The molecule has 1 unspecified atom stereocenters. The molecule has 1 atom stereocenters. The molecule has 5 N–H and O–H groups in total. The molecule has 10 heavy (non-hydrogen) atoms. The molecule has 0 aromatic heterocycles. The van der Waals surface area contributed by atoms with E-state index in [4.69, 9.17) is 12.3 Å². The van der Waals surface area contributed by atoms with Gasteiger partial charge in [-0.2, -0.15) is 0 Å². The molecular weight excluding hydrogens is 132 g/mol. The molecule has 0 aliphatic rings. The average molecular weight is 147 g/mol. The summed E-state index contributed by atoms with van der Waals surface area (Å²) in [5.74, 6) is -0.975. The Labute approximate surface area is 61.7 Å². The quantitative estimate of drug-likeness (QED) is 0.443. The van der Waals surface area contributed by atoms with Gasteiger partial charge in [-0.25, -0.2) is 0 Å². The van der Waals surface area contributed by atoms with E-state index in [1.807, 2.05) is 5.73 Å². The Bertz CT molecular complexity index is 121. The monoisotopic (exact) mass is 147 g/mol. The van der Waals surface area contributed by atoms with Crippen molar-refractivity contribution >= 4 is 5.97 Å². The molecule has 0 radical (unpaired) electrons. The Morgan fingerprint density at radius 3 is 2.80 bits per heavy atom. The number of nitrogens with two attached hydrogens (primary N) is 2. The number of hydrogen-bond acceptors (Lipinski definition) is 3. The molecule has 0 saturated heterocycles. The number of carboxylic acid groups (broad SMARTS) is 1. The lowest BCUT2D eigenvalue weighted by molar-refractivity contribution is -0.138. The first-order valence-electron chi connectivity index (χ1n) is 3.82. The van der Waals surface area contributed by atoms with Crippen LogP contribution in [0.3, 0.4) is 0 Å². The zero-order valence-electron chi connectivity index (χ0n) is 6.84. The molecule has 0 heterocycles. The van der Waals surface area contributed by atoms with Crippen molar-refractivity contribution in [2.45, 2.75) is 25.3 Å². The van der Waals surface area contributed by atoms with Crippen molar-refractivity contribution in [2.24, 2.45) is 11.5 Å². The third-order valence-corrected chi connectivity index (χ3v) is 1.25. The largest absolute Gasteiger partial charge is 0.480 e. The van der Waals surface area contributed by atoms with Crippen LogP contribution in [0.5, 0.6) is 0 Å². The van der Waals surface area contributed by atoms with Gasteiger partial charge < -0.3 is 16.6 Å². The van der Waals surface area contributed by atoms with E-state index in [2.05, 4.69) is 0 Å². The fraction of sp³-hybridized carbons (Fsp3) is 0.833. The molecule has 0 amide bonds. The van der Waals surface area contributed by atoms with E-state index in [1.54, 1.807) is 0 Å². The van der Waals surface area contributed by atoms with Crippen LogP contribution in [-0.2, 0) is 4.79 Å². The maximum atomic E-state index is 10.3. The zero-order chi connectivity index (χ0) is 8.69. The molecule has 0 aromatic carbocycles. The number of aliphatic carboxylic acids is 1. The first-order chi connectivity index (χ1) is 5.22. The Kier molecular flexibility index (Phi) is 3.90. The van der Waals surface area contributed by atoms with Crippen molar-refractivity contribution in [3.05, 3.63) is 0 Å². The van der Waals surface area contributed by atoms with E-state index < -0.39 is 12.0 Å². The summed E-state index contributed by atoms with van der Waals surface area (Å²) in [4.78, 5) is 10.3. The van der Waals surface area contributed by atoms with Gasteiger partial charge in [-0.15, -0.1) is 0 Å². The van der Waals surface area contributed by atoms with Gasteiger partial charge in [-0.3, -0.25) is 4.79 Å². The predicted octanol–water partition coefficient (Wildman–Crippen LogP) is -0.473. The Hall–Kier alpha value is -0.610. The highest BCUT2D eigenvalue weighted by Gasteiger charge is 2.09. The molecule has 0 saturated carbocycles. The second kappa shape index (κ2) is 5.20. The molecule has 0 aliphatic carbocycles. The number of carbonyl (C=O) groups is 1. The highest BCUT2D eigenvalue weighted by Crippen LogP contribution is 1.96. The van der Waals surface area contributed by atoms with Crippen LogP contribution in [0.1, 0.15) is 19.3 Å². The number of carboxylic acids is 1. The van der Waals surface area contributed by atoms with Crippen molar-refractivity contribution < 1.29 is 11.3 Å². The van der Waals surface area contributed by atoms with E-state index in [9.17, 15) is 4.79 Å². The minimum absolute atomic E-state index is 0.468. The van der Waals surface area contributed by atoms with Crippen LogP contribution in [0.15, 0.2) is 0 Å². The summed E-state index contributed by atoms with van der Waals surface area (Å²) in [5, 5.41) is 8.46. The minimum atomic E-state index is -0.975. The fourth-order valence-electron chi connectivity index (χ4n) is 0.616. The fourth-order valence-corrected chi connectivity index (χ4v) is 0.616. The standard InChI is InChI=1S/C6H14N2O2/c7-4-2-1-3-5(8)6(9)10/h5H,1-4,7-8H2,(H,9,10)/i/hD. The van der Waals surface area contributed by atoms with Crippen molar-refractivity contribution in [1.29, 1.82) is 0 Å². The topological polar surface area (TPSA) is 89.3 Å². The summed E-state index contributed by atoms with van der Waals surface area (Å²) in [6, 6.07) is -0.749. The Morgan fingerprint density at radius 2 is 2.40 bits per heavy atom. The average Bonchev–Trinajstić information content (AvgIpc) is 1.97. The first-order valence-corrected chi connectivity index (χ1v) is 3.32. The summed E-state index contributed by atoms with van der Waals surface area (Å²) >= 11 is 0. The third-order valence-electron chi connectivity index (χ3n) is 1.25. The maximum absolute atomic E-state index is 10.3. The van der Waals surface area contributed by atoms with Crippen LogP contribution < -0.4 is 11.5 Å². The molecule has 0 spiro atoms. The van der Waals surface area contributed by atoms with Crippen LogP contribution in [-0.4, -0.2) is 23.7 Å². The summed E-state index contributed by atoms with van der Waals surface area (Å²) < 4.78 is 6.66. The lowest BCUT2D eigenvalue weighted by Gasteiger charge is -2.03. The van der Waals surface area contributed by atoms with Crippen molar-refractivity contribution in [3.63, 3.8) is 0 Å². The van der Waals surface area contributed by atoms with E-state index in [-0.39, 0.29) is 0 Å². The van der Waals surface area contributed by atoms with Gasteiger partial charge in [0.2, 0.25) is 0 Å². The van der Waals surface area contributed by atoms with Crippen LogP contribution >= 0.6 is 0 Å². The van der Waals surface area contributed by atoms with Gasteiger partial charge in [-0.1, -0.05) is 6.42 Å². The summed E-state index contributed by atoms with van der Waals surface area (Å²) in [6.07, 6.45) is 2.03. The van der Waals surface area contributed by atoms with E-state index in [1.165, 1.54) is 0 Å². The Balaban J connectivity index is 3.44. The summed E-state index contributed by atoms with van der Waals surface area (Å²) in [7, 11) is 0. The molecule has 0 aliphatic heterocycles. The molecule has 4 nitrogen and oxygen atoms in total. The SMILES string of the molecule is [2H]NC(CCCCN)C(=O)O. The van der Waals surface area contributed by atoms with Gasteiger partial charge in [0, 0.05) is 0 Å². The lowest BCUT2D eigenvalue weighted by Crippen LogP contribution is -2.29. The molecule has 0 bridgehead atoms. The van der Waals surface area contributed by atoms with Crippen LogP contribution in [0, 0.1) is 0 Å². The molecule has 0 aromatic rings. The summed E-state index contributed by atoms with van der Waals surface area (Å²) in [5.41, 5.74) is 7.19. The molecule has 4 heteroatoms. The van der Waals surface area contributed by atoms with Crippen molar-refractivity contribution in [3.8, 4) is 0 Å². The van der Waals surface area contributed by atoms with Crippen LogP contribution in [0.2, 0.25) is 1.41 Å². The lowest BCUT2D eigenvalue weighted by atomic mass is 10.1. The molecule has 0 fully saturated rings. The molecule has 60 valence electrons. The molecular formula is C6H14N2O2. The second-order valence-corrected chi connectivity index (χ2v) is 2.18. The van der Waals surface area contributed by atoms with Crippen LogP contribution in [0.25, 0.3) is 0 Å². The van der Waals surface area contributed by atoms with E-state index in [0.29, 0.717) is 13.0 Å². The van der Waals surface area contributed by atoms with Gasteiger partial charge in [-0.05, 0) is 19.4 Å². The number of unbranched alkanes of at least 4 members (excludes halogenated alkanes) is 1. The van der Waals surface area contributed by atoms with Gasteiger partial charge >= 0.3 is 5.97 Å².